The van der Waals surface area contributed by atoms with Crippen molar-refractivity contribution in [2.45, 2.75) is 6.92 Å². The second kappa shape index (κ2) is 3.27. The molecule has 0 saturated heterocycles. The Morgan fingerprint density at radius 2 is 2.23 bits per heavy atom. The summed E-state index contributed by atoms with van der Waals surface area (Å²) in [6.45, 7) is 2.11. The summed E-state index contributed by atoms with van der Waals surface area (Å²) >= 11 is 5.16. The molecule has 2 rings (SSSR count). The first-order chi connectivity index (χ1) is 6.18. The van der Waals surface area contributed by atoms with Crippen LogP contribution >= 0.6 is 27.3 Å². The van der Waals surface area contributed by atoms with Gasteiger partial charge in [-0.1, -0.05) is 0 Å². The summed E-state index contributed by atoms with van der Waals surface area (Å²) in [5.74, 6) is 0. The summed E-state index contributed by atoms with van der Waals surface area (Å²) < 4.78 is 2.90. The van der Waals surface area contributed by atoms with E-state index >= 15 is 0 Å². The summed E-state index contributed by atoms with van der Waals surface area (Å²) in [4.78, 5) is 6.78. The molecule has 0 saturated carbocycles. The lowest BCUT2D eigenvalue weighted by molar-refractivity contribution is 0.890. The maximum absolute atomic E-state index is 4.19. The third-order valence-corrected chi connectivity index (χ3v) is 3.68. The van der Waals surface area contributed by atoms with Gasteiger partial charge in [0.05, 0.1) is 16.8 Å². The van der Waals surface area contributed by atoms with Gasteiger partial charge in [0.15, 0.2) is 4.73 Å². The van der Waals surface area contributed by atoms with E-state index in [0.717, 1.165) is 10.4 Å². The topological polar surface area (TPSA) is 17.8 Å². The lowest BCUT2D eigenvalue weighted by atomic mass is 10.3. The molecule has 2 aromatic rings. The second-order valence-corrected chi connectivity index (χ2v) is 4.88. The predicted octanol–water partition coefficient (Wildman–Crippen LogP) is 3.22. The molecule has 0 aliphatic heterocycles. The van der Waals surface area contributed by atoms with Crippen LogP contribution in [0.2, 0.25) is 0 Å². The highest BCUT2D eigenvalue weighted by molar-refractivity contribution is 9.10. The van der Waals surface area contributed by atoms with Crippen molar-refractivity contribution in [3.8, 4) is 10.6 Å². The number of nitrogens with zero attached hydrogens (tertiary/aromatic N) is 2. The average Bonchev–Trinajstić information content (AvgIpc) is 2.62. The van der Waals surface area contributed by atoms with Gasteiger partial charge < -0.3 is 4.57 Å². The lowest BCUT2D eigenvalue weighted by Crippen LogP contribution is -1.89. The first-order valence-electron chi connectivity index (χ1n) is 3.92. The van der Waals surface area contributed by atoms with Crippen molar-refractivity contribution in [3.63, 3.8) is 0 Å². The van der Waals surface area contributed by atoms with Gasteiger partial charge in [0.25, 0.3) is 0 Å². The molecule has 2 nitrogen and oxygen atoms in total. The second-order valence-electron chi connectivity index (χ2n) is 2.88. The Hall–Kier alpha value is -0.610. The van der Waals surface area contributed by atoms with Gasteiger partial charge in [-0.15, -0.1) is 11.3 Å². The average molecular weight is 257 g/mol. The van der Waals surface area contributed by atoms with Crippen LogP contribution < -0.4 is 0 Å². The molecular formula is C9H9BrN2S. The Morgan fingerprint density at radius 1 is 1.46 bits per heavy atom. The Bertz CT molecular complexity index is 431. The van der Waals surface area contributed by atoms with E-state index in [1.54, 1.807) is 11.3 Å². The van der Waals surface area contributed by atoms with Crippen molar-refractivity contribution in [3.05, 3.63) is 27.9 Å². The largest absolute Gasteiger partial charge is 0.321 e. The minimum absolute atomic E-state index is 0.869. The Morgan fingerprint density at radius 3 is 2.69 bits per heavy atom. The van der Waals surface area contributed by atoms with E-state index in [-0.39, 0.29) is 0 Å². The molecule has 0 spiro atoms. The molecule has 0 aliphatic rings. The molecule has 0 N–H and O–H groups in total. The van der Waals surface area contributed by atoms with Crippen LogP contribution in [0.1, 0.15) is 4.88 Å². The summed E-state index contributed by atoms with van der Waals surface area (Å²) in [6, 6.07) is 4.25. The molecule has 2 aromatic heterocycles. The van der Waals surface area contributed by atoms with E-state index in [1.807, 2.05) is 17.8 Å². The molecular weight excluding hydrogens is 248 g/mol. The maximum atomic E-state index is 4.19. The van der Waals surface area contributed by atoms with E-state index in [0.29, 0.717) is 0 Å². The number of thiophene rings is 1. The van der Waals surface area contributed by atoms with Gasteiger partial charge in [-0.3, -0.25) is 0 Å². The lowest BCUT2D eigenvalue weighted by Gasteiger charge is -1.98. The zero-order valence-electron chi connectivity index (χ0n) is 7.41. The fraction of sp³-hybridized carbons (Fsp3) is 0.222. The van der Waals surface area contributed by atoms with E-state index in [1.165, 1.54) is 9.75 Å². The smallest absolute Gasteiger partial charge is 0.177 e. The van der Waals surface area contributed by atoms with Crippen molar-refractivity contribution < 1.29 is 0 Å². The third kappa shape index (κ3) is 1.56. The molecule has 0 radical (unpaired) electrons. The molecule has 0 amide bonds. The van der Waals surface area contributed by atoms with E-state index in [2.05, 4.69) is 40.0 Å². The van der Waals surface area contributed by atoms with Gasteiger partial charge in [0, 0.05) is 11.9 Å². The van der Waals surface area contributed by atoms with Crippen molar-refractivity contribution in [1.82, 2.24) is 9.55 Å². The number of aromatic nitrogens is 2. The fourth-order valence-electron chi connectivity index (χ4n) is 1.19. The van der Waals surface area contributed by atoms with Crippen LogP contribution in [0, 0.1) is 6.92 Å². The van der Waals surface area contributed by atoms with Crippen molar-refractivity contribution in [2.75, 3.05) is 0 Å². The SMILES string of the molecule is Cc1ccc(-c2cnc(Br)n2C)s1. The minimum atomic E-state index is 0.869. The highest BCUT2D eigenvalue weighted by Crippen LogP contribution is 2.28. The van der Waals surface area contributed by atoms with Crippen LogP contribution in [0.4, 0.5) is 0 Å². The molecule has 0 atom stereocenters. The monoisotopic (exact) mass is 256 g/mol. The van der Waals surface area contributed by atoms with Gasteiger partial charge in [-0.25, -0.2) is 4.98 Å². The van der Waals surface area contributed by atoms with Crippen molar-refractivity contribution in [2.24, 2.45) is 7.05 Å². The first-order valence-corrected chi connectivity index (χ1v) is 5.53. The molecule has 13 heavy (non-hydrogen) atoms. The van der Waals surface area contributed by atoms with Crippen LogP contribution in [0.15, 0.2) is 23.1 Å². The quantitative estimate of drug-likeness (QED) is 0.767. The minimum Gasteiger partial charge on any atom is -0.321 e. The highest BCUT2D eigenvalue weighted by Gasteiger charge is 2.07. The van der Waals surface area contributed by atoms with Gasteiger partial charge in [0.1, 0.15) is 0 Å². The van der Waals surface area contributed by atoms with Crippen LogP contribution in [0.3, 0.4) is 0 Å². The highest BCUT2D eigenvalue weighted by atomic mass is 79.9. The van der Waals surface area contributed by atoms with Crippen LogP contribution in [-0.2, 0) is 7.05 Å². The number of halogens is 1. The third-order valence-electron chi connectivity index (χ3n) is 1.92. The predicted molar refractivity (Wildman–Crippen MR) is 59.0 cm³/mol. The number of imidazole rings is 1. The van der Waals surface area contributed by atoms with E-state index < -0.39 is 0 Å². The van der Waals surface area contributed by atoms with E-state index in [9.17, 15) is 0 Å². The number of hydrogen-bond acceptors (Lipinski definition) is 2. The first kappa shape index (κ1) is 8.97. The molecule has 2 heterocycles. The Balaban J connectivity index is 2.52. The van der Waals surface area contributed by atoms with Gasteiger partial charge in [-0.05, 0) is 35.0 Å². The van der Waals surface area contributed by atoms with Crippen LogP contribution in [0.25, 0.3) is 10.6 Å². The van der Waals surface area contributed by atoms with Crippen molar-refractivity contribution in [1.29, 1.82) is 0 Å². The van der Waals surface area contributed by atoms with Crippen LogP contribution in [0.5, 0.6) is 0 Å². The van der Waals surface area contributed by atoms with Gasteiger partial charge in [-0.2, -0.15) is 0 Å². The maximum Gasteiger partial charge on any atom is 0.177 e. The summed E-state index contributed by atoms with van der Waals surface area (Å²) in [7, 11) is 2.00. The van der Waals surface area contributed by atoms with E-state index in [4.69, 9.17) is 0 Å². The Kier molecular flexibility index (Phi) is 2.26. The fourth-order valence-corrected chi connectivity index (χ4v) is 2.39. The molecule has 0 aliphatic carbocycles. The molecule has 0 bridgehead atoms. The molecule has 0 aromatic carbocycles. The zero-order valence-corrected chi connectivity index (χ0v) is 9.82. The molecule has 0 unspecified atom stereocenters. The summed E-state index contributed by atoms with van der Waals surface area (Å²) in [5.41, 5.74) is 1.16. The number of rotatable bonds is 1. The number of aryl methyl sites for hydroxylation is 1. The standard InChI is InChI=1S/C9H9BrN2S/c1-6-3-4-8(13-6)7-5-11-9(10)12(7)2/h3-5H,1-2H3. The molecule has 68 valence electrons. The summed E-state index contributed by atoms with van der Waals surface area (Å²) in [5, 5.41) is 0. The summed E-state index contributed by atoms with van der Waals surface area (Å²) in [6.07, 6.45) is 1.88. The molecule has 0 fully saturated rings. The van der Waals surface area contributed by atoms with Gasteiger partial charge >= 0.3 is 0 Å². The molecule has 4 heteroatoms. The Labute approximate surface area is 89.4 Å². The van der Waals surface area contributed by atoms with Crippen LogP contribution in [-0.4, -0.2) is 9.55 Å². The normalized spacial score (nSPS) is 10.7. The number of hydrogen-bond donors (Lipinski definition) is 0. The van der Waals surface area contributed by atoms with Crippen molar-refractivity contribution >= 4 is 27.3 Å². The van der Waals surface area contributed by atoms with Gasteiger partial charge in [0.2, 0.25) is 0 Å². The zero-order chi connectivity index (χ0) is 9.42.